The summed E-state index contributed by atoms with van der Waals surface area (Å²) in [6.45, 7) is 2.73. The third-order valence-corrected chi connectivity index (χ3v) is 7.21. The van der Waals surface area contributed by atoms with Crippen LogP contribution in [0.2, 0.25) is 5.02 Å². The summed E-state index contributed by atoms with van der Waals surface area (Å²) in [5.74, 6) is -0.114. The van der Waals surface area contributed by atoms with Crippen LogP contribution in [0.4, 0.5) is 0 Å². The first-order valence-electron chi connectivity index (χ1n) is 11.2. The van der Waals surface area contributed by atoms with Crippen LogP contribution in [0, 0.1) is 0 Å². The summed E-state index contributed by atoms with van der Waals surface area (Å²) in [6, 6.07) is 19.7. The molecule has 1 unspecified atom stereocenters. The maximum Gasteiger partial charge on any atom is 0.344 e. The van der Waals surface area contributed by atoms with Crippen molar-refractivity contribution >= 4 is 27.4 Å². The number of nitrogens with one attached hydrogen (secondary N) is 1. The molecule has 3 rings (SSSR count). The fourth-order valence-corrected chi connectivity index (χ4v) is 4.79. The molecule has 0 bridgehead atoms. The second kappa shape index (κ2) is 12.7. The third kappa shape index (κ3) is 7.80. The number of rotatable bonds is 12. The molecule has 1 atom stereocenters. The molecule has 7 nitrogen and oxygen atoms in total. The van der Waals surface area contributed by atoms with Crippen molar-refractivity contribution in [2.45, 2.75) is 29.2 Å². The zero-order chi connectivity index (χ0) is 25.3. The summed E-state index contributed by atoms with van der Waals surface area (Å²) >= 11 is 5.96. The average Bonchev–Trinajstić information content (AvgIpc) is 2.86. The molecule has 186 valence electrons. The van der Waals surface area contributed by atoms with Crippen molar-refractivity contribution in [3.8, 4) is 5.75 Å². The highest BCUT2D eigenvalue weighted by Gasteiger charge is 2.18. The topological polar surface area (TPSA) is 102 Å². The number of hydrogen-bond donors (Lipinski definition) is 2. The average molecular weight is 518 g/mol. The first-order valence-corrected chi connectivity index (χ1v) is 13.0. The van der Waals surface area contributed by atoms with E-state index in [1.165, 1.54) is 24.3 Å². The molecule has 0 fully saturated rings. The highest BCUT2D eigenvalue weighted by Crippen LogP contribution is 2.24. The Balaban J connectivity index is 1.51. The molecule has 3 aromatic carbocycles. The Hall–Kier alpha value is -2.91. The van der Waals surface area contributed by atoms with Crippen LogP contribution in [-0.2, 0) is 25.8 Å². The smallest absolute Gasteiger partial charge is 0.344 e. The Kier molecular flexibility index (Phi) is 9.68. The van der Waals surface area contributed by atoms with Gasteiger partial charge in [-0.1, -0.05) is 35.9 Å². The van der Waals surface area contributed by atoms with Crippen molar-refractivity contribution in [1.29, 1.82) is 0 Å². The van der Waals surface area contributed by atoms with Gasteiger partial charge >= 0.3 is 5.97 Å². The zero-order valence-electron chi connectivity index (χ0n) is 19.3. The maximum absolute atomic E-state index is 12.9. The first-order chi connectivity index (χ1) is 16.8. The van der Waals surface area contributed by atoms with Crippen LogP contribution in [0.15, 0.2) is 82.6 Å². The Morgan fingerprint density at radius 1 is 1.03 bits per heavy atom. The van der Waals surface area contributed by atoms with Crippen molar-refractivity contribution in [3.05, 3.63) is 88.9 Å². The number of sulfone groups is 1. The van der Waals surface area contributed by atoms with Crippen molar-refractivity contribution in [2.75, 3.05) is 26.3 Å². The number of hydrogen-bond acceptors (Lipinski definition) is 7. The van der Waals surface area contributed by atoms with Crippen LogP contribution >= 0.6 is 11.6 Å². The van der Waals surface area contributed by atoms with E-state index in [0.29, 0.717) is 30.3 Å². The van der Waals surface area contributed by atoms with Gasteiger partial charge < -0.3 is 19.9 Å². The summed E-state index contributed by atoms with van der Waals surface area (Å²) < 4.78 is 36.0. The van der Waals surface area contributed by atoms with E-state index >= 15 is 0 Å². The zero-order valence-corrected chi connectivity index (χ0v) is 20.9. The normalized spacial score (nSPS) is 12.2. The number of aliphatic hydroxyl groups is 1. The summed E-state index contributed by atoms with van der Waals surface area (Å²) in [7, 11) is -3.69. The van der Waals surface area contributed by atoms with E-state index in [2.05, 4.69) is 5.32 Å². The monoisotopic (exact) mass is 517 g/mol. The summed E-state index contributed by atoms with van der Waals surface area (Å²) in [5, 5.41) is 14.0. The van der Waals surface area contributed by atoms with E-state index in [1.54, 1.807) is 49.4 Å². The highest BCUT2D eigenvalue weighted by atomic mass is 35.5. The Morgan fingerprint density at radius 2 is 1.69 bits per heavy atom. The lowest BCUT2D eigenvalue weighted by Crippen LogP contribution is -2.23. The van der Waals surface area contributed by atoms with Gasteiger partial charge in [-0.15, -0.1) is 0 Å². The molecule has 0 aliphatic heterocycles. The molecular formula is C26H28ClNO6S. The van der Waals surface area contributed by atoms with E-state index in [0.717, 1.165) is 11.1 Å². The van der Waals surface area contributed by atoms with Gasteiger partial charge in [0.1, 0.15) is 5.75 Å². The van der Waals surface area contributed by atoms with Crippen molar-refractivity contribution in [3.63, 3.8) is 0 Å². The minimum Gasteiger partial charge on any atom is -0.482 e. The molecule has 9 heteroatoms. The lowest BCUT2D eigenvalue weighted by molar-refractivity contribution is -0.145. The van der Waals surface area contributed by atoms with Crippen molar-refractivity contribution in [1.82, 2.24) is 5.32 Å². The predicted octanol–water partition coefficient (Wildman–Crippen LogP) is 3.98. The van der Waals surface area contributed by atoms with E-state index in [9.17, 15) is 18.3 Å². The maximum atomic E-state index is 12.9. The van der Waals surface area contributed by atoms with Gasteiger partial charge in [0.25, 0.3) is 0 Å². The fourth-order valence-electron chi connectivity index (χ4n) is 3.33. The van der Waals surface area contributed by atoms with E-state index in [-0.39, 0.29) is 23.0 Å². The molecule has 0 saturated carbocycles. The Labute approximate surface area is 210 Å². The van der Waals surface area contributed by atoms with Gasteiger partial charge in [-0.3, -0.25) is 0 Å². The van der Waals surface area contributed by atoms with Crippen LogP contribution in [0.1, 0.15) is 24.2 Å². The van der Waals surface area contributed by atoms with Gasteiger partial charge in [0.15, 0.2) is 6.61 Å². The van der Waals surface area contributed by atoms with Crippen molar-refractivity contribution in [2.24, 2.45) is 0 Å². The van der Waals surface area contributed by atoms with Crippen molar-refractivity contribution < 1.29 is 27.8 Å². The second-order valence-corrected chi connectivity index (χ2v) is 10.1. The molecule has 0 spiro atoms. The van der Waals surface area contributed by atoms with Gasteiger partial charge in [0.05, 0.1) is 22.5 Å². The van der Waals surface area contributed by atoms with Crippen LogP contribution in [-0.4, -0.2) is 45.8 Å². The van der Waals surface area contributed by atoms with Crippen LogP contribution < -0.4 is 10.1 Å². The number of aliphatic hydroxyl groups excluding tert-OH is 1. The van der Waals surface area contributed by atoms with Gasteiger partial charge in [-0.05, 0) is 79.5 Å². The van der Waals surface area contributed by atoms with E-state index in [4.69, 9.17) is 21.1 Å². The standard InChI is InChI=1S/C26H28ClNO6S/c1-2-33-26(30)18-34-22-8-12-24(13-9-22)35(31,32)23-10-6-19(7-11-23)14-15-28-17-25(29)20-4-3-5-21(27)16-20/h3-13,16,25,28-29H,2,14-15,17-18H2,1H3. The van der Waals surface area contributed by atoms with Gasteiger partial charge in [0.2, 0.25) is 9.84 Å². The molecule has 0 heterocycles. The lowest BCUT2D eigenvalue weighted by Gasteiger charge is -2.13. The first kappa shape index (κ1) is 26.7. The van der Waals surface area contributed by atoms with Gasteiger partial charge in [0, 0.05) is 11.6 Å². The summed E-state index contributed by atoms with van der Waals surface area (Å²) in [5.41, 5.74) is 1.72. The van der Waals surface area contributed by atoms with E-state index < -0.39 is 21.9 Å². The van der Waals surface area contributed by atoms with Gasteiger partial charge in [-0.25, -0.2) is 13.2 Å². The second-order valence-electron chi connectivity index (χ2n) is 7.74. The fraction of sp³-hybridized carbons (Fsp3) is 0.269. The lowest BCUT2D eigenvalue weighted by atomic mass is 10.1. The number of halogens is 1. The SMILES string of the molecule is CCOC(=O)COc1ccc(S(=O)(=O)c2ccc(CCNCC(O)c3cccc(Cl)c3)cc2)cc1. The minimum absolute atomic E-state index is 0.130. The molecule has 3 aromatic rings. The third-order valence-electron chi connectivity index (χ3n) is 5.19. The van der Waals surface area contributed by atoms with Gasteiger partial charge in [-0.2, -0.15) is 0 Å². The molecule has 0 aliphatic carbocycles. The molecule has 0 aliphatic rings. The molecule has 35 heavy (non-hydrogen) atoms. The van der Waals surface area contributed by atoms with Crippen LogP contribution in [0.3, 0.4) is 0 Å². The summed E-state index contributed by atoms with van der Waals surface area (Å²) in [4.78, 5) is 11.7. The molecular weight excluding hydrogens is 490 g/mol. The number of carbonyl (C=O) groups excluding carboxylic acids is 1. The van der Waals surface area contributed by atoms with E-state index in [1.807, 2.05) is 6.07 Å². The quantitative estimate of drug-likeness (QED) is 0.277. The minimum atomic E-state index is -3.69. The largest absolute Gasteiger partial charge is 0.482 e. The molecule has 0 aromatic heterocycles. The van der Waals surface area contributed by atoms with Crippen LogP contribution in [0.5, 0.6) is 5.75 Å². The number of esters is 1. The predicted molar refractivity (Wildman–Crippen MR) is 133 cm³/mol. The number of benzene rings is 3. The molecule has 0 saturated heterocycles. The molecule has 0 radical (unpaired) electrons. The number of carbonyl (C=O) groups is 1. The summed E-state index contributed by atoms with van der Waals surface area (Å²) in [6.07, 6.45) is 0.0120. The Morgan fingerprint density at radius 3 is 2.31 bits per heavy atom. The highest BCUT2D eigenvalue weighted by molar-refractivity contribution is 7.91. The molecule has 2 N–H and O–H groups in total. The Bertz CT molecular complexity index is 1210. The number of ether oxygens (including phenoxy) is 2. The van der Waals surface area contributed by atoms with Crippen LogP contribution in [0.25, 0.3) is 0 Å². The molecule has 0 amide bonds.